The molecular weight excluding hydrogens is 380 g/mol. The number of carbonyl (C=O) groups excluding carboxylic acids is 2. The monoisotopic (exact) mass is 412 g/mol. The van der Waals surface area contributed by atoms with Crippen molar-refractivity contribution in [3.05, 3.63) is 30.0 Å². The molecule has 0 saturated heterocycles. The molecule has 0 bridgehead atoms. The highest BCUT2D eigenvalue weighted by atomic mass is 16.3. The quantitative estimate of drug-likeness (QED) is 0.577. The number of benzene rings is 1. The van der Waals surface area contributed by atoms with E-state index in [1.807, 2.05) is 33.8 Å². The van der Waals surface area contributed by atoms with Crippen LogP contribution in [0.4, 0.5) is 10.5 Å². The molecule has 3 rings (SSSR count). The number of amides is 2. The number of phenols is 1. The van der Waals surface area contributed by atoms with Crippen molar-refractivity contribution in [2.45, 2.75) is 71.8 Å². The molecule has 0 radical (unpaired) electrons. The van der Waals surface area contributed by atoms with Crippen molar-refractivity contribution >= 4 is 17.6 Å². The third-order valence-corrected chi connectivity index (χ3v) is 5.80. The van der Waals surface area contributed by atoms with Crippen LogP contribution in [0.1, 0.15) is 71.4 Å². The first-order valence-electron chi connectivity index (χ1n) is 10.9. The molecule has 1 aromatic heterocycles. The molecule has 7 nitrogen and oxygen atoms in total. The Morgan fingerprint density at radius 1 is 1.17 bits per heavy atom. The van der Waals surface area contributed by atoms with E-state index in [0.717, 1.165) is 37.8 Å². The molecule has 1 heterocycles. The lowest BCUT2D eigenvalue weighted by Gasteiger charge is -2.13. The molecule has 0 aliphatic heterocycles. The minimum atomic E-state index is -0.244. The molecule has 3 N–H and O–H groups in total. The first-order chi connectivity index (χ1) is 14.4. The second kappa shape index (κ2) is 9.32. The highest BCUT2D eigenvalue weighted by Gasteiger charge is 2.31. The van der Waals surface area contributed by atoms with Crippen LogP contribution in [0.25, 0.3) is 11.3 Å². The summed E-state index contributed by atoms with van der Waals surface area (Å²) >= 11 is 0. The molecule has 1 unspecified atom stereocenters. The Hall–Kier alpha value is -2.83. The first-order valence-corrected chi connectivity index (χ1v) is 10.9. The average Bonchev–Trinajstić information content (AvgIpc) is 3.47. The number of carbonyl (C=O) groups is 2. The number of nitrogens with zero attached hydrogens (tertiary/aromatic N) is 2. The largest absolute Gasteiger partial charge is 0.507 e. The van der Waals surface area contributed by atoms with Gasteiger partial charge in [-0.05, 0) is 57.2 Å². The fourth-order valence-electron chi connectivity index (χ4n) is 3.46. The van der Waals surface area contributed by atoms with Crippen LogP contribution in [0.5, 0.6) is 5.75 Å². The van der Waals surface area contributed by atoms with Crippen LogP contribution < -0.4 is 10.6 Å². The van der Waals surface area contributed by atoms with E-state index in [4.69, 9.17) is 0 Å². The zero-order valence-corrected chi connectivity index (χ0v) is 18.2. The Morgan fingerprint density at radius 2 is 1.87 bits per heavy atom. The van der Waals surface area contributed by atoms with Gasteiger partial charge in [0, 0.05) is 35.2 Å². The molecule has 162 valence electrons. The third-order valence-electron chi connectivity index (χ3n) is 5.80. The molecule has 2 amide bonds. The zero-order valence-electron chi connectivity index (χ0n) is 18.2. The van der Waals surface area contributed by atoms with Gasteiger partial charge in [0.1, 0.15) is 5.75 Å². The van der Waals surface area contributed by atoms with Gasteiger partial charge in [0.15, 0.2) is 0 Å². The molecule has 1 aliphatic rings. The Bertz CT molecular complexity index is 913. The summed E-state index contributed by atoms with van der Waals surface area (Å²) in [5, 5.41) is 20.9. The highest BCUT2D eigenvalue weighted by molar-refractivity contribution is 5.93. The van der Waals surface area contributed by atoms with E-state index in [-0.39, 0.29) is 29.6 Å². The molecule has 2 aromatic rings. The predicted molar refractivity (Wildman–Crippen MR) is 118 cm³/mol. The van der Waals surface area contributed by atoms with Gasteiger partial charge in [0.2, 0.25) is 5.91 Å². The Kier molecular flexibility index (Phi) is 6.80. The number of aromatic hydroxyl groups is 1. The lowest BCUT2D eigenvalue weighted by Crippen LogP contribution is -2.36. The van der Waals surface area contributed by atoms with Crippen molar-refractivity contribution in [2.24, 2.45) is 5.92 Å². The van der Waals surface area contributed by atoms with Gasteiger partial charge >= 0.3 is 6.03 Å². The van der Waals surface area contributed by atoms with Crippen molar-refractivity contribution in [1.29, 1.82) is 0 Å². The fraction of sp³-hybridized carbons (Fsp3) is 0.522. The molecule has 0 spiro atoms. The van der Waals surface area contributed by atoms with E-state index in [9.17, 15) is 14.7 Å². The fourth-order valence-corrected chi connectivity index (χ4v) is 3.46. The van der Waals surface area contributed by atoms with E-state index in [1.54, 1.807) is 12.1 Å². The lowest BCUT2D eigenvalue weighted by molar-refractivity contribution is -0.120. The van der Waals surface area contributed by atoms with Gasteiger partial charge in [0.05, 0.1) is 11.4 Å². The summed E-state index contributed by atoms with van der Waals surface area (Å²) in [6.45, 7) is 7.95. The van der Waals surface area contributed by atoms with Gasteiger partial charge in [-0.25, -0.2) is 4.79 Å². The van der Waals surface area contributed by atoms with Crippen LogP contribution in [0, 0.1) is 5.92 Å². The minimum Gasteiger partial charge on any atom is -0.507 e. The number of rotatable bonds is 8. The van der Waals surface area contributed by atoms with E-state index in [1.165, 1.54) is 10.7 Å². The maximum atomic E-state index is 12.7. The second-order valence-corrected chi connectivity index (χ2v) is 8.13. The van der Waals surface area contributed by atoms with E-state index < -0.39 is 0 Å². The second-order valence-electron chi connectivity index (χ2n) is 8.13. The summed E-state index contributed by atoms with van der Waals surface area (Å²) in [6.07, 6.45) is 4.45. The molecule has 1 atom stereocenters. The summed E-state index contributed by atoms with van der Waals surface area (Å²) in [4.78, 5) is 25.0. The minimum absolute atomic E-state index is 0.0201. The summed E-state index contributed by atoms with van der Waals surface area (Å²) < 4.78 is 1.43. The van der Waals surface area contributed by atoms with Gasteiger partial charge < -0.3 is 15.7 Å². The Morgan fingerprint density at radius 3 is 2.43 bits per heavy atom. The van der Waals surface area contributed by atoms with Gasteiger partial charge in [-0.15, -0.1) is 0 Å². The van der Waals surface area contributed by atoms with Gasteiger partial charge in [-0.2, -0.15) is 9.78 Å². The van der Waals surface area contributed by atoms with Crippen molar-refractivity contribution in [3.63, 3.8) is 0 Å². The zero-order chi connectivity index (χ0) is 21.8. The van der Waals surface area contributed by atoms with E-state index in [2.05, 4.69) is 15.7 Å². The van der Waals surface area contributed by atoms with Crippen molar-refractivity contribution < 1.29 is 14.7 Å². The molecule has 1 saturated carbocycles. The lowest BCUT2D eigenvalue weighted by atomic mass is 10.0. The molecule has 1 fully saturated rings. The molecule has 1 aliphatic carbocycles. The maximum Gasteiger partial charge on any atom is 0.342 e. The normalized spacial score (nSPS) is 14.6. The Balaban J connectivity index is 1.84. The number of anilines is 1. The van der Waals surface area contributed by atoms with Gasteiger partial charge in [-0.1, -0.05) is 20.8 Å². The molecule has 30 heavy (non-hydrogen) atoms. The third kappa shape index (κ3) is 4.83. The maximum absolute atomic E-state index is 12.7. The van der Waals surface area contributed by atoms with Crippen molar-refractivity contribution in [2.75, 3.05) is 5.32 Å². The van der Waals surface area contributed by atoms with E-state index >= 15 is 0 Å². The number of hydrogen-bond acceptors (Lipinski definition) is 4. The summed E-state index contributed by atoms with van der Waals surface area (Å²) in [5.41, 5.74) is 2.50. The highest BCUT2D eigenvalue weighted by Crippen LogP contribution is 2.42. The average molecular weight is 413 g/mol. The van der Waals surface area contributed by atoms with Crippen LogP contribution in [0.15, 0.2) is 24.3 Å². The number of aromatic nitrogens is 2. The summed E-state index contributed by atoms with van der Waals surface area (Å²) in [5.74, 6) is 0.253. The SMILES string of the molecule is CCC(C)NC(=O)n1nc(-c2ccc(NC(=O)C(CC)CC)cc2O)cc1C1CC1. The summed E-state index contributed by atoms with van der Waals surface area (Å²) in [6, 6.07) is 6.71. The van der Waals surface area contributed by atoms with Crippen molar-refractivity contribution in [1.82, 2.24) is 15.1 Å². The van der Waals surface area contributed by atoms with Gasteiger partial charge in [0.25, 0.3) is 0 Å². The number of hydrogen-bond donors (Lipinski definition) is 3. The smallest absolute Gasteiger partial charge is 0.342 e. The van der Waals surface area contributed by atoms with Crippen molar-refractivity contribution in [3.8, 4) is 17.0 Å². The van der Waals surface area contributed by atoms with Crippen LogP contribution in [0.2, 0.25) is 0 Å². The summed E-state index contributed by atoms with van der Waals surface area (Å²) in [7, 11) is 0. The van der Waals surface area contributed by atoms with Crippen LogP contribution in [-0.4, -0.2) is 32.9 Å². The molecule has 1 aromatic carbocycles. The number of nitrogens with one attached hydrogen (secondary N) is 2. The first kappa shape index (κ1) is 21.9. The topological polar surface area (TPSA) is 96.3 Å². The Labute approximate surface area is 177 Å². The van der Waals surface area contributed by atoms with Crippen LogP contribution in [-0.2, 0) is 4.79 Å². The standard InChI is InChI=1S/C23H32N4O3/c1-5-14(4)24-23(30)27-20(16-8-9-16)13-19(26-27)18-11-10-17(12-21(18)28)25-22(29)15(6-2)7-3/h10-16,28H,5-9H2,1-4H3,(H,24,30)(H,25,29). The number of phenolic OH excluding ortho intramolecular Hbond substituents is 1. The van der Waals surface area contributed by atoms with Gasteiger partial charge in [-0.3, -0.25) is 4.79 Å². The molecule has 7 heteroatoms. The predicted octanol–water partition coefficient (Wildman–Crippen LogP) is 4.86. The molecular formula is C23H32N4O3. The van der Waals surface area contributed by atoms with E-state index in [0.29, 0.717) is 22.9 Å². The van der Waals surface area contributed by atoms with Crippen LogP contribution in [0.3, 0.4) is 0 Å². The van der Waals surface area contributed by atoms with Crippen LogP contribution >= 0.6 is 0 Å².